The summed E-state index contributed by atoms with van der Waals surface area (Å²) in [5, 5.41) is 13.3. The number of rotatable bonds is 5. The van der Waals surface area contributed by atoms with Crippen LogP contribution in [-0.2, 0) is 6.42 Å². The van der Waals surface area contributed by atoms with Crippen LogP contribution < -0.4 is 10.1 Å². The second-order valence-corrected chi connectivity index (χ2v) is 4.94. The Morgan fingerprint density at radius 3 is 2.95 bits per heavy atom. The number of hydrogen-bond acceptors (Lipinski definition) is 4. The van der Waals surface area contributed by atoms with Crippen LogP contribution in [0.3, 0.4) is 0 Å². The third kappa shape index (κ3) is 3.16. The van der Waals surface area contributed by atoms with Gasteiger partial charge < -0.3 is 10.1 Å². The average Bonchev–Trinajstić information content (AvgIpc) is 2.95. The lowest BCUT2D eigenvalue weighted by molar-refractivity contribution is 0.102. The number of anilines is 1. The SMILES string of the molecule is CCc1ccsc1C(=O)Nc1ccccc1OCC#N. The van der Waals surface area contributed by atoms with Crippen LogP contribution in [0.1, 0.15) is 22.2 Å². The molecular formula is C15H14N2O2S. The first kappa shape index (κ1) is 14.1. The topological polar surface area (TPSA) is 62.1 Å². The van der Waals surface area contributed by atoms with Crippen molar-refractivity contribution in [2.75, 3.05) is 11.9 Å². The zero-order valence-electron chi connectivity index (χ0n) is 11.1. The third-order valence-electron chi connectivity index (χ3n) is 2.76. The van der Waals surface area contributed by atoms with E-state index in [1.165, 1.54) is 11.3 Å². The molecule has 0 saturated carbocycles. The van der Waals surface area contributed by atoms with Gasteiger partial charge in [0.1, 0.15) is 11.8 Å². The Labute approximate surface area is 121 Å². The second-order valence-electron chi connectivity index (χ2n) is 4.03. The fourth-order valence-electron chi connectivity index (χ4n) is 1.80. The van der Waals surface area contributed by atoms with Crippen LogP contribution in [0.4, 0.5) is 5.69 Å². The van der Waals surface area contributed by atoms with Crippen LogP contribution in [0, 0.1) is 11.3 Å². The van der Waals surface area contributed by atoms with Gasteiger partial charge in [0.2, 0.25) is 0 Å². The number of hydrogen-bond donors (Lipinski definition) is 1. The largest absolute Gasteiger partial charge is 0.477 e. The molecule has 0 saturated heterocycles. The molecule has 0 atom stereocenters. The summed E-state index contributed by atoms with van der Waals surface area (Å²) in [5.74, 6) is 0.349. The van der Waals surface area contributed by atoms with Gasteiger partial charge in [-0.25, -0.2) is 0 Å². The molecule has 102 valence electrons. The fourth-order valence-corrected chi connectivity index (χ4v) is 2.69. The molecule has 2 aromatic rings. The van der Waals surface area contributed by atoms with E-state index in [4.69, 9.17) is 10.00 Å². The molecule has 0 spiro atoms. The van der Waals surface area contributed by atoms with Crippen LogP contribution in [0.5, 0.6) is 5.75 Å². The minimum absolute atomic E-state index is 0.0495. The highest BCUT2D eigenvalue weighted by Gasteiger charge is 2.14. The minimum atomic E-state index is -0.148. The van der Waals surface area contributed by atoms with Crippen LogP contribution in [-0.4, -0.2) is 12.5 Å². The van der Waals surface area contributed by atoms with Crippen molar-refractivity contribution in [3.05, 3.63) is 46.2 Å². The van der Waals surface area contributed by atoms with Gasteiger partial charge in [0, 0.05) is 0 Å². The number of aryl methyl sites for hydroxylation is 1. The monoisotopic (exact) mass is 286 g/mol. The number of ether oxygens (including phenoxy) is 1. The Hall–Kier alpha value is -2.32. The lowest BCUT2D eigenvalue weighted by atomic mass is 10.2. The van der Waals surface area contributed by atoms with Crippen molar-refractivity contribution in [3.63, 3.8) is 0 Å². The third-order valence-corrected chi connectivity index (χ3v) is 3.72. The lowest BCUT2D eigenvalue weighted by Gasteiger charge is -2.10. The molecule has 4 nitrogen and oxygen atoms in total. The zero-order valence-corrected chi connectivity index (χ0v) is 11.9. The Balaban J connectivity index is 2.18. The van der Waals surface area contributed by atoms with E-state index < -0.39 is 0 Å². The molecule has 0 fully saturated rings. The van der Waals surface area contributed by atoms with Gasteiger partial charge in [0.05, 0.1) is 10.6 Å². The maximum Gasteiger partial charge on any atom is 0.266 e. The summed E-state index contributed by atoms with van der Waals surface area (Å²) in [6, 6.07) is 10.9. The average molecular weight is 286 g/mol. The van der Waals surface area contributed by atoms with E-state index in [0.29, 0.717) is 16.3 Å². The van der Waals surface area contributed by atoms with Crippen molar-refractivity contribution in [1.29, 1.82) is 5.26 Å². The molecule has 2 rings (SSSR count). The van der Waals surface area contributed by atoms with Crippen LogP contribution in [0.15, 0.2) is 35.7 Å². The number of nitrogens with one attached hydrogen (secondary N) is 1. The quantitative estimate of drug-likeness (QED) is 0.915. The molecule has 0 radical (unpaired) electrons. The molecule has 20 heavy (non-hydrogen) atoms. The Kier molecular flexibility index (Phi) is 4.75. The van der Waals surface area contributed by atoms with Gasteiger partial charge in [-0.1, -0.05) is 19.1 Å². The first-order chi connectivity index (χ1) is 9.76. The summed E-state index contributed by atoms with van der Waals surface area (Å²) in [6.07, 6.45) is 0.818. The number of carbonyl (C=O) groups excluding carboxylic acids is 1. The van der Waals surface area contributed by atoms with Gasteiger partial charge in [0.15, 0.2) is 6.61 Å². The van der Waals surface area contributed by atoms with Gasteiger partial charge in [-0.05, 0) is 35.6 Å². The second kappa shape index (κ2) is 6.73. The molecule has 0 unspecified atom stereocenters. The van der Waals surface area contributed by atoms with Gasteiger partial charge in [0.25, 0.3) is 5.91 Å². The summed E-state index contributed by atoms with van der Waals surface area (Å²) in [7, 11) is 0. The summed E-state index contributed by atoms with van der Waals surface area (Å²) in [5.41, 5.74) is 1.60. The van der Waals surface area contributed by atoms with E-state index in [0.717, 1.165) is 12.0 Å². The zero-order chi connectivity index (χ0) is 14.4. The van der Waals surface area contributed by atoms with Crippen molar-refractivity contribution in [3.8, 4) is 11.8 Å². The molecule has 1 N–H and O–H groups in total. The minimum Gasteiger partial charge on any atom is -0.477 e. The predicted octanol–water partition coefficient (Wildman–Crippen LogP) is 3.47. The van der Waals surface area contributed by atoms with E-state index in [1.807, 2.05) is 30.5 Å². The standard InChI is InChI=1S/C15H14N2O2S/c1-2-11-7-10-20-14(11)15(18)17-12-5-3-4-6-13(12)19-9-8-16/h3-7,10H,2,9H2,1H3,(H,17,18). The molecular weight excluding hydrogens is 272 g/mol. The lowest BCUT2D eigenvalue weighted by Crippen LogP contribution is -2.13. The van der Waals surface area contributed by atoms with Crippen molar-refractivity contribution >= 4 is 22.9 Å². The van der Waals surface area contributed by atoms with Gasteiger partial charge in [-0.3, -0.25) is 4.79 Å². The maximum absolute atomic E-state index is 12.3. The first-order valence-corrected chi connectivity index (χ1v) is 7.10. The van der Waals surface area contributed by atoms with Crippen molar-refractivity contribution in [2.24, 2.45) is 0 Å². The van der Waals surface area contributed by atoms with E-state index in [-0.39, 0.29) is 12.5 Å². The van der Waals surface area contributed by atoms with Crippen molar-refractivity contribution < 1.29 is 9.53 Å². The molecule has 0 aliphatic heterocycles. The number of nitrogens with zero attached hydrogens (tertiary/aromatic N) is 1. The molecule has 1 amide bonds. The smallest absolute Gasteiger partial charge is 0.266 e. The highest BCUT2D eigenvalue weighted by atomic mass is 32.1. The van der Waals surface area contributed by atoms with Crippen LogP contribution in [0.25, 0.3) is 0 Å². The molecule has 1 aromatic carbocycles. The molecule has 1 aromatic heterocycles. The van der Waals surface area contributed by atoms with E-state index in [9.17, 15) is 4.79 Å². The highest BCUT2D eigenvalue weighted by molar-refractivity contribution is 7.12. The molecule has 0 aliphatic carbocycles. The number of benzene rings is 1. The van der Waals surface area contributed by atoms with E-state index in [1.54, 1.807) is 18.2 Å². The van der Waals surface area contributed by atoms with Crippen molar-refractivity contribution in [2.45, 2.75) is 13.3 Å². The summed E-state index contributed by atoms with van der Waals surface area (Å²) in [4.78, 5) is 13.0. The van der Waals surface area contributed by atoms with Gasteiger partial charge in [-0.15, -0.1) is 11.3 Å². The Bertz CT molecular complexity index is 643. The normalized spacial score (nSPS) is 9.80. The Morgan fingerprint density at radius 2 is 2.20 bits per heavy atom. The maximum atomic E-state index is 12.3. The molecule has 0 bridgehead atoms. The molecule has 5 heteroatoms. The number of amides is 1. The Morgan fingerprint density at radius 1 is 1.40 bits per heavy atom. The number of carbonyl (C=O) groups is 1. The number of thiophene rings is 1. The molecule has 0 aliphatic rings. The fraction of sp³-hybridized carbons (Fsp3) is 0.200. The predicted molar refractivity (Wildman–Crippen MR) is 79.2 cm³/mol. The van der Waals surface area contributed by atoms with Crippen LogP contribution in [0.2, 0.25) is 0 Å². The van der Waals surface area contributed by atoms with E-state index >= 15 is 0 Å². The number of para-hydroxylation sites is 2. The van der Waals surface area contributed by atoms with Crippen molar-refractivity contribution in [1.82, 2.24) is 0 Å². The summed E-state index contributed by atoms with van der Waals surface area (Å²) < 4.78 is 5.29. The first-order valence-electron chi connectivity index (χ1n) is 6.22. The molecule has 1 heterocycles. The van der Waals surface area contributed by atoms with E-state index in [2.05, 4.69) is 5.32 Å². The number of nitriles is 1. The highest BCUT2D eigenvalue weighted by Crippen LogP contribution is 2.26. The summed E-state index contributed by atoms with van der Waals surface area (Å²) >= 11 is 1.42. The van der Waals surface area contributed by atoms with Gasteiger partial charge >= 0.3 is 0 Å². The van der Waals surface area contributed by atoms with Gasteiger partial charge in [-0.2, -0.15) is 5.26 Å². The summed E-state index contributed by atoms with van der Waals surface area (Å²) in [6.45, 7) is 1.97. The van der Waals surface area contributed by atoms with Crippen LogP contribution >= 0.6 is 11.3 Å².